The van der Waals surface area contributed by atoms with Crippen LogP contribution in [0.1, 0.15) is 27.2 Å². The lowest BCUT2D eigenvalue weighted by Crippen LogP contribution is -2.39. The fourth-order valence-corrected chi connectivity index (χ4v) is 2.70. The van der Waals surface area contributed by atoms with Gasteiger partial charge >= 0.3 is 0 Å². The van der Waals surface area contributed by atoms with E-state index in [4.69, 9.17) is 11.6 Å². The summed E-state index contributed by atoms with van der Waals surface area (Å²) in [6.45, 7) is 5.47. The highest BCUT2D eigenvalue weighted by atomic mass is 35.5. The van der Waals surface area contributed by atoms with Gasteiger partial charge < -0.3 is 10.4 Å². The largest absolute Gasteiger partial charge is 0.393 e. The number of carbonyl (C=O) groups excluding carboxylic acids is 1. The van der Waals surface area contributed by atoms with Crippen LogP contribution in [0.3, 0.4) is 0 Å². The minimum absolute atomic E-state index is 0.0203. The fraction of sp³-hybridized carbons (Fsp3) is 0.500. The zero-order valence-corrected chi connectivity index (χ0v) is 13.0. The monoisotopic (exact) mass is 301 g/mol. The predicted molar refractivity (Wildman–Crippen MR) is 80.7 cm³/mol. The number of aliphatic hydroxyl groups excluding tert-OH is 1. The van der Waals surface area contributed by atoms with E-state index in [0.29, 0.717) is 11.4 Å². The second kappa shape index (κ2) is 7.78. The van der Waals surface area contributed by atoms with Crippen molar-refractivity contribution >= 4 is 29.3 Å². The van der Waals surface area contributed by atoms with E-state index in [9.17, 15) is 9.90 Å². The molecule has 0 aliphatic heterocycles. The third kappa shape index (κ3) is 6.32. The highest BCUT2D eigenvalue weighted by Crippen LogP contribution is 2.24. The third-order valence-corrected chi connectivity index (χ3v) is 3.94. The van der Waals surface area contributed by atoms with Crippen molar-refractivity contribution in [2.45, 2.75) is 49.5 Å². The van der Waals surface area contributed by atoms with Crippen molar-refractivity contribution in [3.8, 4) is 0 Å². The molecule has 0 spiro atoms. The van der Waals surface area contributed by atoms with Crippen LogP contribution >= 0.6 is 23.4 Å². The van der Waals surface area contributed by atoms with Crippen molar-refractivity contribution in [1.82, 2.24) is 5.32 Å². The lowest BCUT2D eigenvalue weighted by atomic mass is 10.1. The molecule has 3 nitrogen and oxygen atoms in total. The Kier molecular flexibility index (Phi) is 6.69. The van der Waals surface area contributed by atoms with E-state index in [2.05, 4.69) is 5.32 Å². The van der Waals surface area contributed by atoms with E-state index in [1.807, 2.05) is 38.1 Å². The Bertz CT molecular complexity index is 408. The SMILES string of the molecule is CC(O)CC(C)NC(=O)C(C)Sc1ccc(Cl)cc1. The first kappa shape index (κ1) is 16.3. The molecule has 0 aliphatic carbocycles. The van der Waals surface area contributed by atoms with Crippen LogP contribution in [0.15, 0.2) is 29.2 Å². The van der Waals surface area contributed by atoms with Gasteiger partial charge in [-0.3, -0.25) is 4.79 Å². The van der Waals surface area contributed by atoms with E-state index >= 15 is 0 Å². The summed E-state index contributed by atoms with van der Waals surface area (Å²) in [5, 5.41) is 12.7. The molecule has 1 aromatic rings. The molecule has 5 heteroatoms. The zero-order valence-electron chi connectivity index (χ0n) is 11.4. The standard InChI is InChI=1S/C14H20ClNO2S/c1-9(8-10(2)17)16-14(18)11(3)19-13-6-4-12(15)5-7-13/h4-7,9-11,17H,8H2,1-3H3,(H,16,18). The van der Waals surface area contributed by atoms with Crippen LogP contribution in [0.2, 0.25) is 5.02 Å². The van der Waals surface area contributed by atoms with Crippen molar-refractivity contribution in [1.29, 1.82) is 0 Å². The molecule has 1 aromatic carbocycles. The van der Waals surface area contributed by atoms with E-state index in [0.717, 1.165) is 4.90 Å². The van der Waals surface area contributed by atoms with Crippen molar-refractivity contribution in [2.24, 2.45) is 0 Å². The smallest absolute Gasteiger partial charge is 0.233 e. The lowest BCUT2D eigenvalue weighted by Gasteiger charge is -2.18. The first-order valence-corrected chi connectivity index (χ1v) is 7.55. The van der Waals surface area contributed by atoms with Gasteiger partial charge in [-0.25, -0.2) is 0 Å². The first-order chi connectivity index (χ1) is 8.88. The average molecular weight is 302 g/mol. The molecule has 0 aromatic heterocycles. The molecule has 3 unspecified atom stereocenters. The number of benzene rings is 1. The second-order valence-electron chi connectivity index (χ2n) is 4.71. The van der Waals surface area contributed by atoms with Gasteiger partial charge in [0.05, 0.1) is 11.4 Å². The average Bonchev–Trinajstić information content (AvgIpc) is 2.30. The molecule has 0 fully saturated rings. The summed E-state index contributed by atoms with van der Waals surface area (Å²) in [6.07, 6.45) is 0.152. The zero-order chi connectivity index (χ0) is 14.4. The Balaban J connectivity index is 2.46. The second-order valence-corrected chi connectivity index (χ2v) is 6.56. The summed E-state index contributed by atoms with van der Waals surface area (Å²) in [5.74, 6) is -0.0203. The van der Waals surface area contributed by atoms with Crippen LogP contribution in [0.4, 0.5) is 0 Å². The first-order valence-electron chi connectivity index (χ1n) is 6.29. The summed E-state index contributed by atoms with van der Waals surface area (Å²) >= 11 is 7.30. The fourth-order valence-electron chi connectivity index (χ4n) is 1.70. The van der Waals surface area contributed by atoms with Gasteiger partial charge in [-0.15, -0.1) is 11.8 Å². The van der Waals surface area contributed by atoms with Crippen molar-refractivity contribution < 1.29 is 9.90 Å². The molecule has 2 N–H and O–H groups in total. The third-order valence-electron chi connectivity index (χ3n) is 2.58. The number of hydrogen-bond donors (Lipinski definition) is 2. The topological polar surface area (TPSA) is 49.3 Å². The molecular formula is C14H20ClNO2S. The van der Waals surface area contributed by atoms with Gasteiger partial charge in [-0.05, 0) is 51.5 Å². The summed E-state index contributed by atoms with van der Waals surface area (Å²) in [5.41, 5.74) is 0. The molecule has 0 aliphatic rings. The van der Waals surface area contributed by atoms with Gasteiger partial charge in [-0.1, -0.05) is 11.6 Å². The van der Waals surface area contributed by atoms with Crippen LogP contribution in [-0.2, 0) is 4.79 Å². The molecule has 1 amide bonds. The van der Waals surface area contributed by atoms with E-state index in [1.165, 1.54) is 11.8 Å². The van der Waals surface area contributed by atoms with Crippen molar-refractivity contribution in [3.05, 3.63) is 29.3 Å². The number of rotatable bonds is 6. The lowest BCUT2D eigenvalue weighted by molar-refractivity contribution is -0.121. The minimum Gasteiger partial charge on any atom is -0.393 e. The Morgan fingerprint density at radius 3 is 2.42 bits per heavy atom. The Morgan fingerprint density at radius 2 is 1.89 bits per heavy atom. The molecule has 1 rings (SSSR count). The van der Waals surface area contributed by atoms with E-state index in [1.54, 1.807) is 6.92 Å². The van der Waals surface area contributed by atoms with Gasteiger partial charge in [-0.2, -0.15) is 0 Å². The molecule has 0 radical (unpaired) electrons. The Morgan fingerprint density at radius 1 is 1.32 bits per heavy atom. The Labute approximate surface area is 123 Å². The molecule has 0 bridgehead atoms. The summed E-state index contributed by atoms with van der Waals surface area (Å²) in [7, 11) is 0. The van der Waals surface area contributed by atoms with Gasteiger partial charge in [0.1, 0.15) is 0 Å². The highest BCUT2D eigenvalue weighted by Gasteiger charge is 2.17. The maximum absolute atomic E-state index is 12.0. The van der Waals surface area contributed by atoms with Crippen LogP contribution in [-0.4, -0.2) is 28.4 Å². The maximum Gasteiger partial charge on any atom is 0.233 e. The van der Waals surface area contributed by atoms with Gasteiger partial charge in [0.25, 0.3) is 0 Å². The molecule has 0 saturated heterocycles. The van der Waals surface area contributed by atoms with Gasteiger partial charge in [0.2, 0.25) is 5.91 Å². The van der Waals surface area contributed by atoms with Crippen LogP contribution in [0, 0.1) is 0 Å². The number of halogens is 1. The number of nitrogens with one attached hydrogen (secondary N) is 1. The normalized spacial score (nSPS) is 15.6. The molecular weight excluding hydrogens is 282 g/mol. The highest BCUT2D eigenvalue weighted by molar-refractivity contribution is 8.00. The van der Waals surface area contributed by atoms with E-state index in [-0.39, 0.29) is 17.2 Å². The van der Waals surface area contributed by atoms with Gasteiger partial charge in [0.15, 0.2) is 0 Å². The quantitative estimate of drug-likeness (QED) is 0.794. The molecule has 0 heterocycles. The molecule has 3 atom stereocenters. The molecule has 106 valence electrons. The summed E-state index contributed by atoms with van der Waals surface area (Å²) in [4.78, 5) is 13.0. The van der Waals surface area contributed by atoms with Crippen molar-refractivity contribution in [2.75, 3.05) is 0 Å². The van der Waals surface area contributed by atoms with Gasteiger partial charge in [0, 0.05) is 16.0 Å². The number of aliphatic hydroxyl groups is 1. The van der Waals surface area contributed by atoms with Crippen LogP contribution in [0.25, 0.3) is 0 Å². The van der Waals surface area contributed by atoms with E-state index < -0.39 is 6.10 Å². The maximum atomic E-state index is 12.0. The number of amides is 1. The summed E-state index contributed by atoms with van der Waals surface area (Å²) < 4.78 is 0. The van der Waals surface area contributed by atoms with Crippen LogP contribution in [0.5, 0.6) is 0 Å². The van der Waals surface area contributed by atoms with Crippen LogP contribution < -0.4 is 5.32 Å². The Hall–Kier alpha value is -0.710. The molecule has 19 heavy (non-hydrogen) atoms. The van der Waals surface area contributed by atoms with Crippen molar-refractivity contribution in [3.63, 3.8) is 0 Å². The molecule has 0 saturated carbocycles. The number of hydrogen-bond acceptors (Lipinski definition) is 3. The number of carbonyl (C=O) groups is 1. The number of thioether (sulfide) groups is 1. The summed E-state index contributed by atoms with van der Waals surface area (Å²) in [6, 6.07) is 7.39. The predicted octanol–water partition coefficient (Wildman–Crippen LogP) is 3.10. The minimum atomic E-state index is -0.408.